The molecule has 10 heteroatoms. The van der Waals surface area contributed by atoms with Crippen molar-refractivity contribution in [2.24, 2.45) is 0 Å². The van der Waals surface area contributed by atoms with E-state index in [0.29, 0.717) is 11.2 Å². The maximum atomic E-state index is 11.4. The van der Waals surface area contributed by atoms with Crippen molar-refractivity contribution in [2.75, 3.05) is 12.3 Å². The number of nitrogens with two attached hydrogens (primary N) is 1. The molecule has 1 aliphatic rings. The number of hydrogen-bond acceptors (Lipinski definition) is 9. The fourth-order valence-corrected chi connectivity index (χ4v) is 2.70. The maximum absolute atomic E-state index is 11.4. The van der Waals surface area contributed by atoms with Gasteiger partial charge in [0.15, 0.2) is 5.82 Å². The fourth-order valence-electron chi connectivity index (χ4n) is 2.70. The maximum Gasteiger partial charge on any atom is 0.508 e. The number of aliphatic hydroxyl groups excluding tert-OH is 2. The SMILES string of the molecule is CC(C)OC(=O)OC[C@H]1O[C@@H](c2ccc3c(N)ncnn23)[C@H](O)[C@@H]1O. The topological polar surface area (TPSA) is 141 Å². The number of rotatable bonds is 4. The molecule has 0 radical (unpaired) electrons. The third kappa shape index (κ3) is 3.36. The van der Waals surface area contributed by atoms with E-state index in [4.69, 9.17) is 19.9 Å². The Morgan fingerprint density at radius 1 is 1.40 bits per heavy atom. The highest BCUT2D eigenvalue weighted by Gasteiger charge is 2.45. The second-order valence-corrected chi connectivity index (χ2v) is 6.00. The lowest BCUT2D eigenvalue weighted by molar-refractivity contribution is -0.0461. The zero-order chi connectivity index (χ0) is 18.1. The lowest BCUT2D eigenvalue weighted by Crippen LogP contribution is -2.34. The first-order valence-electron chi connectivity index (χ1n) is 7.81. The number of aliphatic hydroxyl groups is 2. The van der Waals surface area contributed by atoms with Gasteiger partial charge in [-0.15, -0.1) is 0 Å². The minimum atomic E-state index is -1.23. The van der Waals surface area contributed by atoms with Crippen molar-refractivity contribution in [3.63, 3.8) is 0 Å². The molecule has 25 heavy (non-hydrogen) atoms. The van der Waals surface area contributed by atoms with Gasteiger partial charge in [0.05, 0.1) is 11.8 Å². The van der Waals surface area contributed by atoms with Crippen molar-refractivity contribution in [1.82, 2.24) is 14.6 Å². The van der Waals surface area contributed by atoms with Crippen molar-refractivity contribution in [3.05, 3.63) is 24.2 Å². The summed E-state index contributed by atoms with van der Waals surface area (Å²) >= 11 is 0. The van der Waals surface area contributed by atoms with Crippen LogP contribution in [0.3, 0.4) is 0 Å². The van der Waals surface area contributed by atoms with E-state index in [-0.39, 0.29) is 18.5 Å². The molecule has 0 aliphatic carbocycles. The molecule has 1 fully saturated rings. The predicted molar refractivity (Wildman–Crippen MR) is 84.6 cm³/mol. The van der Waals surface area contributed by atoms with E-state index in [9.17, 15) is 15.0 Å². The van der Waals surface area contributed by atoms with E-state index < -0.39 is 30.6 Å². The Kier molecular flexibility index (Phi) is 4.75. The van der Waals surface area contributed by atoms with Gasteiger partial charge in [-0.2, -0.15) is 5.10 Å². The van der Waals surface area contributed by atoms with E-state index in [1.54, 1.807) is 26.0 Å². The van der Waals surface area contributed by atoms with Crippen LogP contribution in [-0.4, -0.2) is 62.0 Å². The van der Waals surface area contributed by atoms with E-state index >= 15 is 0 Å². The molecule has 0 bridgehead atoms. The van der Waals surface area contributed by atoms with Crippen LogP contribution in [0.2, 0.25) is 0 Å². The van der Waals surface area contributed by atoms with Gasteiger partial charge in [-0.25, -0.2) is 14.3 Å². The van der Waals surface area contributed by atoms with Crippen LogP contribution in [0, 0.1) is 0 Å². The highest BCUT2D eigenvalue weighted by molar-refractivity contribution is 5.65. The van der Waals surface area contributed by atoms with Gasteiger partial charge in [0.25, 0.3) is 0 Å². The molecule has 136 valence electrons. The average molecular weight is 352 g/mol. The first kappa shape index (κ1) is 17.4. The zero-order valence-corrected chi connectivity index (χ0v) is 13.8. The standard InChI is InChI=1S/C15H20N4O6/c1-7(2)24-15(22)23-5-10-11(20)12(21)13(25-10)8-3-4-9-14(16)17-6-18-19(8)9/h3-4,6-7,10-13,20-21H,5H2,1-2H3,(H2,16,17,18)/t10-,11-,12-,13+/m1/s1. The molecule has 4 N–H and O–H groups in total. The van der Waals surface area contributed by atoms with Gasteiger partial charge in [0, 0.05) is 0 Å². The van der Waals surface area contributed by atoms with Crippen molar-refractivity contribution >= 4 is 17.5 Å². The van der Waals surface area contributed by atoms with Crippen LogP contribution in [0.25, 0.3) is 5.52 Å². The van der Waals surface area contributed by atoms with Crippen LogP contribution in [0.15, 0.2) is 18.5 Å². The summed E-state index contributed by atoms with van der Waals surface area (Å²) in [5.41, 5.74) is 6.84. The summed E-state index contributed by atoms with van der Waals surface area (Å²) < 4.78 is 16.9. The molecule has 2 aromatic rings. The Morgan fingerprint density at radius 2 is 2.16 bits per heavy atom. The van der Waals surface area contributed by atoms with E-state index in [1.165, 1.54) is 10.8 Å². The van der Waals surface area contributed by atoms with Gasteiger partial charge < -0.3 is 30.2 Å². The Morgan fingerprint density at radius 3 is 2.88 bits per heavy atom. The van der Waals surface area contributed by atoms with Crippen LogP contribution in [0.1, 0.15) is 25.6 Å². The molecular weight excluding hydrogens is 332 g/mol. The quantitative estimate of drug-likeness (QED) is 0.650. The number of carbonyl (C=O) groups is 1. The van der Waals surface area contributed by atoms with E-state index in [0.717, 1.165) is 0 Å². The smallest absolute Gasteiger partial charge is 0.432 e. The summed E-state index contributed by atoms with van der Waals surface area (Å²) in [6, 6.07) is 3.37. The highest BCUT2D eigenvalue weighted by atomic mass is 16.7. The monoisotopic (exact) mass is 352 g/mol. The van der Waals surface area contributed by atoms with Crippen molar-refractivity contribution in [2.45, 2.75) is 44.4 Å². The van der Waals surface area contributed by atoms with Crippen LogP contribution in [0.5, 0.6) is 0 Å². The normalized spacial score (nSPS) is 26.3. The van der Waals surface area contributed by atoms with E-state index in [2.05, 4.69) is 10.1 Å². The number of fused-ring (bicyclic) bond motifs is 1. The third-order valence-corrected chi connectivity index (χ3v) is 3.86. The summed E-state index contributed by atoms with van der Waals surface area (Å²) in [6.07, 6.45) is -4.11. The molecule has 10 nitrogen and oxygen atoms in total. The Balaban J connectivity index is 1.73. The minimum absolute atomic E-state index is 0.249. The number of aromatic nitrogens is 3. The second kappa shape index (κ2) is 6.82. The number of nitrogen functional groups attached to an aromatic ring is 1. The van der Waals surface area contributed by atoms with Gasteiger partial charge in [-0.3, -0.25) is 0 Å². The summed E-state index contributed by atoms with van der Waals surface area (Å²) in [5.74, 6) is 0.283. The number of anilines is 1. The molecule has 2 aromatic heterocycles. The molecule has 0 aromatic carbocycles. The van der Waals surface area contributed by atoms with Crippen molar-refractivity contribution < 1.29 is 29.2 Å². The molecule has 1 saturated heterocycles. The summed E-state index contributed by atoms with van der Waals surface area (Å²) in [6.45, 7) is 3.13. The average Bonchev–Trinajstić information content (AvgIpc) is 3.09. The molecule has 0 spiro atoms. The Labute approximate surface area is 143 Å². The Hall–Kier alpha value is -2.43. The van der Waals surface area contributed by atoms with Crippen LogP contribution < -0.4 is 5.73 Å². The first-order valence-corrected chi connectivity index (χ1v) is 7.81. The summed E-state index contributed by atoms with van der Waals surface area (Å²) in [4.78, 5) is 15.3. The second-order valence-electron chi connectivity index (χ2n) is 6.00. The number of ether oxygens (including phenoxy) is 3. The molecule has 3 rings (SSSR count). The van der Waals surface area contributed by atoms with Gasteiger partial charge in [-0.1, -0.05) is 0 Å². The Bertz CT molecular complexity index is 764. The molecule has 0 unspecified atom stereocenters. The van der Waals surface area contributed by atoms with Gasteiger partial charge in [0.1, 0.15) is 42.9 Å². The van der Waals surface area contributed by atoms with Crippen molar-refractivity contribution in [3.8, 4) is 0 Å². The first-order chi connectivity index (χ1) is 11.9. The lowest BCUT2D eigenvalue weighted by Gasteiger charge is -2.15. The largest absolute Gasteiger partial charge is 0.508 e. The molecule has 1 aliphatic heterocycles. The molecule has 0 saturated carbocycles. The molecular formula is C15H20N4O6. The molecule has 3 heterocycles. The fraction of sp³-hybridized carbons (Fsp3) is 0.533. The van der Waals surface area contributed by atoms with Gasteiger partial charge in [0.2, 0.25) is 0 Å². The highest BCUT2D eigenvalue weighted by Crippen LogP contribution is 2.34. The third-order valence-electron chi connectivity index (χ3n) is 3.86. The van der Waals surface area contributed by atoms with Crippen LogP contribution >= 0.6 is 0 Å². The minimum Gasteiger partial charge on any atom is -0.432 e. The van der Waals surface area contributed by atoms with Gasteiger partial charge >= 0.3 is 6.16 Å². The van der Waals surface area contributed by atoms with Crippen LogP contribution in [0.4, 0.5) is 10.6 Å². The van der Waals surface area contributed by atoms with Gasteiger partial charge in [-0.05, 0) is 26.0 Å². The molecule has 4 atom stereocenters. The van der Waals surface area contributed by atoms with Crippen LogP contribution in [-0.2, 0) is 14.2 Å². The number of carbonyl (C=O) groups excluding carboxylic acids is 1. The van der Waals surface area contributed by atoms with E-state index in [1.807, 2.05) is 0 Å². The molecule has 0 amide bonds. The predicted octanol–water partition coefficient (Wildman–Crippen LogP) is 0.0348. The van der Waals surface area contributed by atoms with Crippen molar-refractivity contribution in [1.29, 1.82) is 0 Å². The summed E-state index contributed by atoms with van der Waals surface area (Å²) in [7, 11) is 0. The number of hydrogen-bond donors (Lipinski definition) is 3. The number of nitrogens with zero attached hydrogens (tertiary/aromatic N) is 3. The lowest BCUT2D eigenvalue weighted by atomic mass is 10.1. The summed E-state index contributed by atoms with van der Waals surface area (Å²) in [5, 5.41) is 24.6. The zero-order valence-electron chi connectivity index (χ0n) is 13.8.